The van der Waals surface area contributed by atoms with Crippen LogP contribution in [0.25, 0.3) is 0 Å². The van der Waals surface area contributed by atoms with Crippen LogP contribution in [0.1, 0.15) is 35.2 Å². The van der Waals surface area contributed by atoms with E-state index in [2.05, 4.69) is 4.90 Å². The lowest BCUT2D eigenvalue weighted by Gasteiger charge is -2.26. The second-order valence-corrected chi connectivity index (χ2v) is 6.49. The summed E-state index contributed by atoms with van der Waals surface area (Å²) in [4.78, 5) is 24.7. The van der Waals surface area contributed by atoms with Crippen molar-refractivity contribution in [3.8, 4) is 5.75 Å². The molecule has 0 amide bonds. The zero-order chi connectivity index (χ0) is 18.4. The van der Waals surface area contributed by atoms with Crippen LogP contribution in [-0.2, 0) is 6.42 Å². The molecule has 6 nitrogen and oxygen atoms in total. The van der Waals surface area contributed by atoms with Gasteiger partial charge in [0.25, 0.3) is 5.69 Å². The molecule has 2 aromatic rings. The van der Waals surface area contributed by atoms with Crippen molar-refractivity contribution in [3.63, 3.8) is 0 Å². The van der Waals surface area contributed by atoms with Gasteiger partial charge in [0.15, 0.2) is 0 Å². The van der Waals surface area contributed by atoms with Crippen LogP contribution in [0, 0.1) is 10.1 Å². The Hall–Kier alpha value is -2.73. The Morgan fingerprint density at radius 1 is 1.00 bits per heavy atom. The molecule has 0 atom stereocenters. The number of benzene rings is 2. The van der Waals surface area contributed by atoms with Crippen molar-refractivity contribution in [1.82, 2.24) is 4.90 Å². The maximum atomic E-state index is 12.1. The molecule has 1 aliphatic rings. The van der Waals surface area contributed by atoms with E-state index in [-0.39, 0.29) is 11.3 Å². The molecule has 0 spiro atoms. The van der Waals surface area contributed by atoms with Gasteiger partial charge in [-0.15, -0.1) is 0 Å². The Kier molecular flexibility index (Phi) is 5.96. The minimum absolute atomic E-state index is 0.0559. The number of esters is 1. The molecule has 136 valence electrons. The van der Waals surface area contributed by atoms with E-state index in [4.69, 9.17) is 4.74 Å². The number of non-ortho nitro benzene ring substituents is 1. The molecule has 1 fully saturated rings. The number of carbonyl (C=O) groups excluding carboxylic acids is 1. The van der Waals surface area contributed by atoms with Crippen molar-refractivity contribution in [1.29, 1.82) is 0 Å². The molecule has 6 heteroatoms. The standard InChI is InChI=1S/C20H22N2O4/c23-20(17-6-8-18(9-7-17)22(24)25)26-19-10-4-16(5-11-19)12-15-21-13-2-1-3-14-21/h4-11H,1-3,12-15H2. The third kappa shape index (κ3) is 4.89. The highest BCUT2D eigenvalue weighted by Gasteiger charge is 2.12. The van der Waals surface area contributed by atoms with Crippen LogP contribution >= 0.6 is 0 Å². The van der Waals surface area contributed by atoms with Crippen LogP contribution in [0.3, 0.4) is 0 Å². The number of hydrogen-bond donors (Lipinski definition) is 0. The van der Waals surface area contributed by atoms with Crippen LogP contribution in [0.15, 0.2) is 48.5 Å². The second-order valence-electron chi connectivity index (χ2n) is 6.49. The van der Waals surface area contributed by atoms with Gasteiger partial charge in [0, 0.05) is 18.7 Å². The molecule has 2 aromatic carbocycles. The first-order valence-corrected chi connectivity index (χ1v) is 8.90. The minimum Gasteiger partial charge on any atom is -0.423 e. The SMILES string of the molecule is O=C(Oc1ccc(CCN2CCCCC2)cc1)c1ccc([N+](=O)[O-])cc1. The number of nitro benzene ring substituents is 1. The monoisotopic (exact) mass is 354 g/mol. The molecular formula is C20H22N2O4. The first-order chi connectivity index (χ1) is 12.6. The summed E-state index contributed by atoms with van der Waals surface area (Å²) in [7, 11) is 0. The van der Waals surface area contributed by atoms with Gasteiger partial charge < -0.3 is 9.64 Å². The highest BCUT2D eigenvalue weighted by atomic mass is 16.6. The van der Waals surface area contributed by atoms with Gasteiger partial charge in [-0.05, 0) is 62.2 Å². The summed E-state index contributed by atoms with van der Waals surface area (Å²) >= 11 is 0. The van der Waals surface area contributed by atoms with Crippen molar-refractivity contribution in [3.05, 3.63) is 69.8 Å². The predicted molar refractivity (Wildman–Crippen MR) is 98.5 cm³/mol. The van der Waals surface area contributed by atoms with Crippen LogP contribution in [0.4, 0.5) is 5.69 Å². The van der Waals surface area contributed by atoms with Crippen molar-refractivity contribution in [2.75, 3.05) is 19.6 Å². The molecule has 0 radical (unpaired) electrons. The Bertz CT molecular complexity index is 750. The molecular weight excluding hydrogens is 332 g/mol. The van der Waals surface area contributed by atoms with Crippen molar-refractivity contribution >= 4 is 11.7 Å². The number of hydrogen-bond acceptors (Lipinski definition) is 5. The van der Waals surface area contributed by atoms with Gasteiger partial charge >= 0.3 is 5.97 Å². The number of nitrogens with zero attached hydrogens (tertiary/aromatic N) is 2. The van der Waals surface area contributed by atoms with Crippen LogP contribution in [0.5, 0.6) is 5.75 Å². The predicted octanol–water partition coefficient (Wildman–Crippen LogP) is 3.84. The molecule has 3 rings (SSSR count). The van der Waals surface area contributed by atoms with Gasteiger partial charge in [0.2, 0.25) is 0 Å². The highest BCUT2D eigenvalue weighted by molar-refractivity contribution is 5.91. The summed E-state index contributed by atoms with van der Waals surface area (Å²) in [5.74, 6) is -0.0592. The Balaban J connectivity index is 1.53. The number of rotatable bonds is 6. The molecule has 26 heavy (non-hydrogen) atoms. The second kappa shape index (κ2) is 8.58. The first-order valence-electron chi connectivity index (χ1n) is 8.90. The number of ether oxygens (including phenoxy) is 1. The fourth-order valence-electron chi connectivity index (χ4n) is 3.08. The van der Waals surface area contributed by atoms with Crippen LogP contribution in [0.2, 0.25) is 0 Å². The van der Waals surface area contributed by atoms with Gasteiger partial charge in [-0.1, -0.05) is 18.6 Å². The summed E-state index contributed by atoms with van der Waals surface area (Å²) in [6, 6.07) is 12.9. The van der Waals surface area contributed by atoms with E-state index < -0.39 is 10.9 Å². The summed E-state index contributed by atoms with van der Waals surface area (Å²) < 4.78 is 5.33. The average molecular weight is 354 g/mol. The molecule has 0 saturated carbocycles. The molecule has 0 aromatic heterocycles. The smallest absolute Gasteiger partial charge is 0.343 e. The van der Waals surface area contributed by atoms with Gasteiger partial charge in [-0.3, -0.25) is 10.1 Å². The number of carbonyl (C=O) groups is 1. The van der Waals surface area contributed by atoms with Gasteiger partial charge in [0.1, 0.15) is 5.75 Å². The molecule has 0 N–H and O–H groups in total. The molecule has 1 saturated heterocycles. The van der Waals surface area contributed by atoms with E-state index in [1.54, 1.807) is 12.1 Å². The quantitative estimate of drug-likeness (QED) is 0.341. The topological polar surface area (TPSA) is 72.7 Å². The van der Waals surface area contributed by atoms with Crippen LogP contribution in [-0.4, -0.2) is 35.4 Å². The summed E-state index contributed by atoms with van der Waals surface area (Å²) in [5.41, 5.74) is 1.44. The van der Waals surface area contributed by atoms with E-state index in [9.17, 15) is 14.9 Å². The number of piperidine rings is 1. The fraction of sp³-hybridized carbons (Fsp3) is 0.350. The number of nitro groups is 1. The van der Waals surface area contributed by atoms with Gasteiger partial charge in [0.05, 0.1) is 10.5 Å². The van der Waals surface area contributed by atoms with E-state index in [0.717, 1.165) is 13.0 Å². The zero-order valence-corrected chi connectivity index (χ0v) is 14.6. The zero-order valence-electron chi connectivity index (χ0n) is 14.6. The van der Waals surface area contributed by atoms with Gasteiger partial charge in [-0.2, -0.15) is 0 Å². The Morgan fingerprint density at radius 2 is 1.65 bits per heavy atom. The molecule has 1 heterocycles. The normalized spacial score (nSPS) is 14.8. The summed E-state index contributed by atoms with van der Waals surface area (Å²) in [6.45, 7) is 3.43. The third-order valence-corrected chi connectivity index (χ3v) is 4.61. The van der Waals surface area contributed by atoms with E-state index in [1.807, 2.05) is 12.1 Å². The highest BCUT2D eigenvalue weighted by Crippen LogP contribution is 2.17. The molecule has 0 unspecified atom stereocenters. The summed E-state index contributed by atoms with van der Waals surface area (Å²) in [5, 5.41) is 10.6. The molecule has 0 bridgehead atoms. The van der Waals surface area contributed by atoms with E-state index >= 15 is 0 Å². The van der Waals surface area contributed by atoms with Crippen molar-refractivity contribution < 1.29 is 14.5 Å². The van der Waals surface area contributed by atoms with Crippen molar-refractivity contribution in [2.24, 2.45) is 0 Å². The summed E-state index contributed by atoms with van der Waals surface area (Å²) in [6.07, 6.45) is 4.90. The number of likely N-dealkylation sites (tertiary alicyclic amines) is 1. The first kappa shape index (κ1) is 18.1. The lowest BCUT2D eigenvalue weighted by atomic mass is 10.1. The van der Waals surface area contributed by atoms with E-state index in [0.29, 0.717) is 5.75 Å². The Labute approximate surface area is 152 Å². The third-order valence-electron chi connectivity index (χ3n) is 4.61. The maximum Gasteiger partial charge on any atom is 0.343 e. The van der Waals surface area contributed by atoms with E-state index in [1.165, 1.54) is 62.2 Å². The molecule has 0 aliphatic carbocycles. The molecule has 1 aliphatic heterocycles. The lowest BCUT2D eigenvalue weighted by molar-refractivity contribution is -0.384. The maximum absolute atomic E-state index is 12.1. The Morgan fingerprint density at radius 3 is 2.27 bits per heavy atom. The lowest BCUT2D eigenvalue weighted by Crippen LogP contribution is -2.31. The van der Waals surface area contributed by atoms with Crippen molar-refractivity contribution in [2.45, 2.75) is 25.7 Å². The van der Waals surface area contributed by atoms with Gasteiger partial charge in [-0.25, -0.2) is 4.79 Å². The largest absolute Gasteiger partial charge is 0.423 e. The van der Waals surface area contributed by atoms with Crippen LogP contribution < -0.4 is 4.74 Å². The minimum atomic E-state index is -0.527. The average Bonchev–Trinajstić information content (AvgIpc) is 2.68. The fourth-order valence-corrected chi connectivity index (χ4v) is 3.08.